The highest BCUT2D eigenvalue weighted by molar-refractivity contribution is 5.84. The number of carboxylic acids is 1. The Bertz CT molecular complexity index is 609. The molecule has 1 aromatic heterocycles. The third-order valence-electron chi connectivity index (χ3n) is 3.67. The van der Waals surface area contributed by atoms with E-state index in [0.29, 0.717) is 19.4 Å². The molecule has 9 nitrogen and oxygen atoms in total. The van der Waals surface area contributed by atoms with Gasteiger partial charge < -0.3 is 10.0 Å². The summed E-state index contributed by atoms with van der Waals surface area (Å²) in [5.74, 6) is -1.42. The number of aryl methyl sites for hydroxylation is 1. The summed E-state index contributed by atoms with van der Waals surface area (Å²) in [6.45, 7) is 3.22. The highest BCUT2D eigenvalue weighted by atomic mass is 16.6. The monoisotopic (exact) mass is 296 g/mol. The van der Waals surface area contributed by atoms with Gasteiger partial charge in [0.15, 0.2) is 0 Å². The van der Waals surface area contributed by atoms with Crippen LogP contribution in [-0.2, 0) is 16.1 Å². The van der Waals surface area contributed by atoms with E-state index < -0.39 is 16.9 Å². The van der Waals surface area contributed by atoms with Gasteiger partial charge in [-0.05, 0) is 26.7 Å². The Morgan fingerprint density at radius 3 is 2.67 bits per heavy atom. The summed E-state index contributed by atoms with van der Waals surface area (Å²) < 4.78 is 1.26. The molecule has 0 unspecified atom stereocenters. The molecule has 1 aliphatic heterocycles. The topological polar surface area (TPSA) is 119 Å². The average Bonchev–Trinajstić information content (AvgIpc) is 2.95. The average molecular weight is 296 g/mol. The number of carbonyl (C=O) groups is 2. The van der Waals surface area contributed by atoms with E-state index in [2.05, 4.69) is 5.10 Å². The predicted octanol–water partition coefficient (Wildman–Crippen LogP) is 0.484. The van der Waals surface area contributed by atoms with Crippen molar-refractivity contribution in [2.75, 3.05) is 6.54 Å². The Kier molecular flexibility index (Phi) is 3.92. The molecule has 2 heterocycles. The second-order valence-corrected chi connectivity index (χ2v) is 5.02. The van der Waals surface area contributed by atoms with Crippen LogP contribution >= 0.6 is 0 Å². The second-order valence-electron chi connectivity index (χ2n) is 5.02. The van der Waals surface area contributed by atoms with Gasteiger partial charge in [0, 0.05) is 6.54 Å². The lowest BCUT2D eigenvalue weighted by Crippen LogP contribution is -2.42. The Balaban J connectivity index is 2.19. The summed E-state index contributed by atoms with van der Waals surface area (Å²) >= 11 is 0. The molecule has 2 rings (SSSR count). The Hall–Kier alpha value is -2.45. The molecule has 1 atom stereocenters. The van der Waals surface area contributed by atoms with Crippen LogP contribution in [0, 0.1) is 24.0 Å². The van der Waals surface area contributed by atoms with E-state index in [9.17, 15) is 19.7 Å². The van der Waals surface area contributed by atoms with Gasteiger partial charge in [-0.1, -0.05) is 0 Å². The highest BCUT2D eigenvalue weighted by Gasteiger charge is 2.34. The number of amides is 1. The van der Waals surface area contributed by atoms with Crippen molar-refractivity contribution in [3.63, 3.8) is 0 Å². The van der Waals surface area contributed by atoms with Crippen LogP contribution in [0.4, 0.5) is 5.69 Å². The van der Waals surface area contributed by atoms with E-state index in [1.807, 2.05) is 0 Å². The lowest BCUT2D eigenvalue weighted by atomic mass is 10.2. The third-order valence-corrected chi connectivity index (χ3v) is 3.67. The number of rotatable bonds is 4. The molecule has 21 heavy (non-hydrogen) atoms. The Labute approximate surface area is 120 Å². The molecular formula is C12H16N4O5. The molecule has 1 fully saturated rings. The van der Waals surface area contributed by atoms with Gasteiger partial charge >= 0.3 is 11.7 Å². The van der Waals surface area contributed by atoms with Gasteiger partial charge in [0.05, 0.1) is 4.92 Å². The van der Waals surface area contributed by atoms with Gasteiger partial charge in [0.25, 0.3) is 0 Å². The van der Waals surface area contributed by atoms with E-state index in [0.717, 1.165) is 0 Å². The van der Waals surface area contributed by atoms with Gasteiger partial charge in [-0.2, -0.15) is 5.10 Å². The quantitative estimate of drug-likeness (QED) is 0.637. The molecule has 1 N–H and O–H groups in total. The number of carboxylic acid groups (broad SMARTS) is 1. The van der Waals surface area contributed by atoms with Gasteiger partial charge in [-0.3, -0.25) is 19.6 Å². The van der Waals surface area contributed by atoms with Crippen LogP contribution in [0.15, 0.2) is 0 Å². The van der Waals surface area contributed by atoms with Crippen LogP contribution in [0.25, 0.3) is 0 Å². The van der Waals surface area contributed by atoms with E-state index in [-0.39, 0.29) is 29.5 Å². The Morgan fingerprint density at radius 1 is 1.48 bits per heavy atom. The SMILES string of the molecule is Cc1nn(CC(=O)N2CCC[C@@H]2C(=O)O)c(C)c1[N+](=O)[O-]. The van der Waals surface area contributed by atoms with Gasteiger partial charge in [-0.25, -0.2) is 4.79 Å². The molecule has 1 aromatic rings. The fourth-order valence-electron chi connectivity index (χ4n) is 2.65. The van der Waals surface area contributed by atoms with Gasteiger partial charge in [0.2, 0.25) is 5.91 Å². The van der Waals surface area contributed by atoms with Crippen molar-refractivity contribution in [2.45, 2.75) is 39.3 Å². The molecule has 0 saturated carbocycles. The van der Waals surface area contributed by atoms with E-state index in [1.54, 1.807) is 0 Å². The number of hydrogen-bond donors (Lipinski definition) is 1. The van der Waals surface area contributed by atoms with Crippen molar-refractivity contribution in [2.24, 2.45) is 0 Å². The van der Waals surface area contributed by atoms with Gasteiger partial charge in [0.1, 0.15) is 24.0 Å². The summed E-state index contributed by atoms with van der Waals surface area (Å²) in [6.07, 6.45) is 1.07. The predicted molar refractivity (Wildman–Crippen MR) is 70.7 cm³/mol. The van der Waals surface area contributed by atoms with Crippen molar-refractivity contribution in [1.82, 2.24) is 14.7 Å². The number of carbonyl (C=O) groups excluding carboxylic acids is 1. The van der Waals surface area contributed by atoms with Crippen LogP contribution < -0.4 is 0 Å². The molecule has 114 valence electrons. The molecule has 9 heteroatoms. The summed E-state index contributed by atoms with van der Waals surface area (Å²) in [6, 6.07) is -0.815. The zero-order chi connectivity index (χ0) is 15.7. The zero-order valence-corrected chi connectivity index (χ0v) is 11.8. The molecule has 0 bridgehead atoms. The number of nitro groups is 1. The second kappa shape index (κ2) is 5.51. The summed E-state index contributed by atoms with van der Waals surface area (Å²) in [4.78, 5) is 35.0. The Morgan fingerprint density at radius 2 is 2.14 bits per heavy atom. The zero-order valence-electron chi connectivity index (χ0n) is 11.8. The van der Waals surface area contributed by atoms with E-state index in [4.69, 9.17) is 5.11 Å². The van der Waals surface area contributed by atoms with Crippen LogP contribution in [0.1, 0.15) is 24.2 Å². The smallest absolute Gasteiger partial charge is 0.326 e. The van der Waals surface area contributed by atoms with Crippen molar-refractivity contribution in [3.05, 3.63) is 21.5 Å². The summed E-state index contributed by atoms with van der Waals surface area (Å²) in [7, 11) is 0. The first-order valence-corrected chi connectivity index (χ1v) is 6.53. The molecule has 0 radical (unpaired) electrons. The normalized spacial score (nSPS) is 18.0. The van der Waals surface area contributed by atoms with E-state index in [1.165, 1.54) is 23.4 Å². The third kappa shape index (κ3) is 2.71. The lowest BCUT2D eigenvalue weighted by molar-refractivity contribution is -0.386. The maximum atomic E-state index is 12.2. The van der Waals surface area contributed by atoms with Crippen LogP contribution in [0.5, 0.6) is 0 Å². The minimum absolute atomic E-state index is 0.112. The molecule has 1 amide bonds. The lowest BCUT2D eigenvalue weighted by Gasteiger charge is -2.21. The minimum atomic E-state index is -1.03. The summed E-state index contributed by atoms with van der Waals surface area (Å²) in [5.41, 5.74) is 0.414. The first-order valence-electron chi connectivity index (χ1n) is 6.53. The summed E-state index contributed by atoms with van der Waals surface area (Å²) in [5, 5.41) is 24.0. The molecule has 0 aromatic carbocycles. The van der Waals surface area contributed by atoms with Crippen LogP contribution in [0.2, 0.25) is 0 Å². The molecule has 1 saturated heterocycles. The maximum absolute atomic E-state index is 12.2. The molecule has 1 aliphatic rings. The van der Waals surface area contributed by atoms with Crippen LogP contribution in [0.3, 0.4) is 0 Å². The minimum Gasteiger partial charge on any atom is -0.480 e. The van der Waals surface area contributed by atoms with Crippen LogP contribution in [-0.4, -0.2) is 49.2 Å². The number of aromatic nitrogens is 2. The first kappa shape index (κ1) is 14.9. The molecule has 0 spiro atoms. The number of nitrogens with zero attached hydrogens (tertiary/aromatic N) is 4. The van der Waals surface area contributed by atoms with Gasteiger partial charge in [-0.15, -0.1) is 0 Å². The van der Waals surface area contributed by atoms with Crippen molar-refractivity contribution in [1.29, 1.82) is 0 Å². The standard InChI is InChI=1S/C12H16N4O5/c1-7-11(16(20)21)8(2)15(13-7)6-10(17)14-5-3-4-9(14)12(18)19/h9H,3-6H2,1-2H3,(H,18,19)/t9-/m1/s1. The fourth-order valence-corrected chi connectivity index (χ4v) is 2.65. The number of aliphatic carboxylic acids is 1. The molecular weight excluding hydrogens is 280 g/mol. The fraction of sp³-hybridized carbons (Fsp3) is 0.583. The van der Waals surface area contributed by atoms with Crippen molar-refractivity contribution in [3.8, 4) is 0 Å². The number of hydrogen-bond acceptors (Lipinski definition) is 5. The van der Waals surface area contributed by atoms with Crippen molar-refractivity contribution < 1.29 is 19.6 Å². The highest BCUT2D eigenvalue weighted by Crippen LogP contribution is 2.23. The molecule has 0 aliphatic carbocycles. The maximum Gasteiger partial charge on any atom is 0.326 e. The number of likely N-dealkylation sites (tertiary alicyclic amines) is 1. The largest absolute Gasteiger partial charge is 0.480 e. The first-order chi connectivity index (χ1) is 9.82. The van der Waals surface area contributed by atoms with E-state index >= 15 is 0 Å². The van der Waals surface area contributed by atoms with Crippen molar-refractivity contribution >= 4 is 17.6 Å².